The highest BCUT2D eigenvalue weighted by atomic mass is 32.2. The highest BCUT2D eigenvalue weighted by Crippen LogP contribution is 2.19. The van der Waals surface area contributed by atoms with E-state index in [1.807, 2.05) is 0 Å². The minimum Gasteiger partial charge on any atom is -0.481 e. The number of nitrogens with zero attached hydrogens (tertiary/aromatic N) is 2. The minimum absolute atomic E-state index is 0.0839. The molecule has 1 atom stereocenters. The number of carboxylic acid groups (broad SMARTS) is 1. The van der Waals surface area contributed by atoms with Gasteiger partial charge in [0, 0.05) is 19.3 Å². The van der Waals surface area contributed by atoms with Crippen molar-refractivity contribution in [1.82, 2.24) is 14.9 Å². The number of hydrogen-bond donors (Lipinski definition) is 2. The zero-order valence-electron chi connectivity index (χ0n) is 11.8. The number of carboxylic acids is 1. The van der Waals surface area contributed by atoms with Crippen LogP contribution in [0.1, 0.15) is 23.0 Å². The molecule has 0 saturated heterocycles. The Balaban J connectivity index is 3.09. The van der Waals surface area contributed by atoms with Crippen molar-refractivity contribution in [2.24, 2.45) is 5.92 Å². The molecule has 0 bridgehead atoms. The lowest BCUT2D eigenvalue weighted by Gasteiger charge is -2.21. The molecular formula is C12H17N3O4S. The second-order valence-corrected chi connectivity index (χ2v) is 5.27. The third-order valence-electron chi connectivity index (χ3n) is 2.81. The summed E-state index contributed by atoms with van der Waals surface area (Å²) in [6.07, 6.45) is 1.72. The molecule has 0 aromatic carbocycles. The summed E-state index contributed by atoms with van der Waals surface area (Å²) in [7, 11) is 1.52. The second-order valence-electron chi connectivity index (χ2n) is 4.48. The molecule has 110 valence electrons. The van der Waals surface area contributed by atoms with Gasteiger partial charge in [-0.25, -0.2) is 4.79 Å². The van der Waals surface area contributed by atoms with E-state index in [0.717, 1.165) is 0 Å². The Kier molecular flexibility index (Phi) is 5.32. The van der Waals surface area contributed by atoms with E-state index in [2.05, 4.69) is 9.97 Å². The molecule has 1 amide bonds. The van der Waals surface area contributed by atoms with Crippen molar-refractivity contribution in [3.8, 4) is 0 Å². The van der Waals surface area contributed by atoms with Crippen LogP contribution < -0.4 is 5.69 Å². The van der Waals surface area contributed by atoms with Gasteiger partial charge in [-0.2, -0.15) is 4.98 Å². The quantitative estimate of drug-likeness (QED) is 0.609. The molecule has 0 aliphatic heterocycles. The van der Waals surface area contributed by atoms with Crippen LogP contribution in [0.5, 0.6) is 0 Å². The van der Waals surface area contributed by atoms with Gasteiger partial charge < -0.3 is 15.0 Å². The van der Waals surface area contributed by atoms with E-state index >= 15 is 0 Å². The van der Waals surface area contributed by atoms with Gasteiger partial charge in [0.15, 0.2) is 0 Å². The van der Waals surface area contributed by atoms with Crippen LogP contribution in [0.2, 0.25) is 0 Å². The number of aromatic amines is 1. The van der Waals surface area contributed by atoms with Crippen LogP contribution >= 0.6 is 11.8 Å². The van der Waals surface area contributed by atoms with Crippen LogP contribution in [0.25, 0.3) is 0 Å². The van der Waals surface area contributed by atoms with Gasteiger partial charge in [0.25, 0.3) is 5.91 Å². The molecule has 1 unspecified atom stereocenters. The number of aromatic nitrogens is 2. The van der Waals surface area contributed by atoms with Gasteiger partial charge >= 0.3 is 11.7 Å². The number of aliphatic carboxylic acids is 1. The number of carbonyl (C=O) groups excluding carboxylic acids is 1. The summed E-state index contributed by atoms with van der Waals surface area (Å²) in [5, 5.41) is 9.21. The van der Waals surface area contributed by atoms with Crippen molar-refractivity contribution < 1.29 is 14.7 Å². The third-order valence-corrected chi connectivity index (χ3v) is 3.49. The highest BCUT2D eigenvalue weighted by Gasteiger charge is 2.23. The SMILES string of the molecule is CSc1nc(=O)[nH]c(C)c1C(=O)N(C)CC(C)C(=O)O. The van der Waals surface area contributed by atoms with Crippen LogP contribution in [-0.2, 0) is 4.79 Å². The molecule has 0 fully saturated rings. The van der Waals surface area contributed by atoms with Gasteiger partial charge in [0.1, 0.15) is 5.03 Å². The van der Waals surface area contributed by atoms with Crippen LogP contribution in [0.15, 0.2) is 9.82 Å². The molecule has 20 heavy (non-hydrogen) atoms. The molecule has 0 aliphatic rings. The number of amides is 1. The summed E-state index contributed by atoms with van der Waals surface area (Å²) in [4.78, 5) is 42.1. The molecular weight excluding hydrogens is 282 g/mol. The smallest absolute Gasteiger partial charge is 0.346 e. The Morgan fingerprint density at radius 2 is 2.10 bits per heavy atom. The highest BCUT2D eigenvalue weighted by molar-refractivity contribution is 7.98. The Morgan fingerprint density at radius 3 is 2.60 bits per heavy atom. The molecule has 2 N–H and O–H groups in total. The summed E-state index contributed by atoms with van der Waals surface area (Å²) in [6, 6.07) is 0. The average molecular weight is 299 g/mol. The molecule has 1 aromatic rings. The van der Waals surface area contributed by atoms with Crippen molar-refractivity contribution in [2.75, 3.05) is 19.8 Å². The minimum atomic E-state index is -0.967. The van der Waals surface area contributed by atoms with E-state index in [0.29, 0.717) is 16.3 Å². The number of nitrogens with one attached hydrogen (secondary N) is 1. The van der Waals surface area contributed by atoms with Gasteiger partial charge in [-0.05, 0) is 13.2 Å². The van der Waals surface area contributed by atoms with Crippen molar-refractivity contribution in [3.05, 3.63) is 21.7 Å². The first-order chi connectivity index (χ1) is 9.27. The largest absolute Gasteiger partial charge is 0.481 e. The van der Waals surface area contributed by atoms with E-state index in [1.165, 1.54) is 30.6 Å². The van der Waals surface area contributed by atoms with Crippen molar-refractivity contribution >= 4 is 23.6 Å². The topological polar surface area (TPSA) is 103 Å². The van der Waals surface area contributed by atoms with Crippen LogP contribution in [0.3, 0.4) is 0 Å². The monoisotopic (exact) mass is 299 g/mol. The molecule has 0 radical (unpaired) electrons. The first-order valence-corrected chi connectivity index (χ1v) is 7.13. The molecule has 1 heterocycles. The normalized spacial score (nSPS) is 12.0. The van der Waals surface area contributed by atoms with Crippen LogP contribution in [-0.4, -0.2) is 51.7 Å². The molecule has 1 rings (SSSR count). The Labute approximate surface area is 120 Å². The van der Waals surface area contributed by atoms with Gasteiger partial charge in [-0.15, -0.1) is 11.8 Å². The number of thioether (sulfide) groups is 1. The van der Waals surface area contributed by atoms with Crippen molar-refractivity contribution in [3.63, 3.8) is 0 Å². The summed E-state index contributed by atoms with van der Waals surface area (Å²) < 4.78 is 0. The van der Waals surface area contributed by atoms with Crippen LogP contribution in [0.4, 0.5) is 0 Å². The molecule has 0 spiro atoms. The van der Waals surface area contributed by atoms with E-state index < -0.39 is 17.6 Å². The van der Waals surface area contributed by atoms with Gasteiger partial charge in [0.05, 0.1) is 11.5 Å². The van der Waals surface area contributed by atoms with Gasteiger partial charge in [-0.1, -0.05) is 6.92 Å². The van der Waals surface area contributed by atoms with E-state index in [-0.39, 0.29) is 12.5 Å². The fraction of sp³-hybridized carbons (Fsp3) is 0.500. The van der Waals surface area contributed by atoms with E-state index in [4.69, 9.17) is 5.11 Å². The zero-order chi connectivity index (χ0) is 15.4. The molecule has 0 aliphatic carbocycles. The summed E-state index contributed by atoms with van der Waals surface area (Å²) in [6.45, 7) is 3.23. The van der Waals surface area contributed by atoms with E-state index in [9.17, 15) is 14.4 Å². The lowest BCUT2D eigenvalue weighted by molar-refractivity contribution is -0.141. The lowest BCUT2D eigenvalue weighted by Crippen LogP contribution is -2.35. The average Bonchev–Trinajstić information content (AvgIpc) is 2.36. The predicted octanol–water partition coefficient (Wildman–Crippen LogP) is 0.593. The maximum atomic E-state index is 12.4. The molecule has 8 heteroatoms. The molecule has 7 nitrogen and oxygen atoms in total. The maximum absolute atomic E-state index is 12.4. The summed E-state index contributed by atoms with van der Waals surface area (Å²) in [5.41, 5.74) is 0.219. The predicted molar refractivity (Wildman–Crippen MR) is 75.1 cm³/mol. The first kappa shape index (κ1) is 16.2. The molecule has 0 saturated carbocycles. The number of H-pyrrole nitrogens is 1. The first-order valence-electron chi connectivity index (χ1n) is 5.91. The fourth-order valence-corrected chi connectivity index (χ4v) is 2.34. The second kappa shape index (κ2) is 6.56. The van der Waals surface area contributed by atoms with Crippen LogP contribution in [0, 0.1) is 12.8 Å². The number of carbonyl (C=O) groups is 2. The number of aryl methyl sites for hydroxylation is 1. The number of rotatable bonds is 5. The van der Waals surface area contributed by atoms with Gasteiger partial charge in [0.2, 0.25) is 0 Å². The lowest BCUT2D eigenvalue weighted by atomic mass is 10.1. The maximum Gasteiger partial charge on any atom is 0.346 e. The van der Waals surface area contributed by atoms with Crippen molar-refractivity contribution in [2.45, 2.75) is 18.9 Å². The standard InChI is InChI=1S/C12H17N3O4S/c1-6(11(17)18)5-15(3)10(16)8-7(2)13-12(19)14-9(8)20-4/h6H,5H2,1-4H3,(H,17,18)(H,13,14,19). The Bertz CT molecular complexity index is 585. The fourth-order valence-electron chi connectivity index (χ4n) is 1.72. The summed E-state index contributed by atoms with van der Waals surface area (Å²) in [5.74, 6) is -1.99. The van der Waals surface area contributed by atoms with Crippen molar-refractivity contribution in [1.29, 1.82) is 0 Å². The number of hydrogen-bond acceptors (Lipinski definition) is 5. The van der Waals surface area contributed by atoms with E-state index in [1.54, 1.807) is 13.2 Å². The molecule has 1 aromatic heterocycles. The Hall–Kier alpha value is -1.83. The summed E-state index contributed by atoms with van der Waals surface area (Å²) >= 11 is 1.20. The van der Waals surface area contributed by atoms with Gasteiger partial charge in [-0.3, -0.25) is 9.59 Å². The zero-order valence-corrected chi connectivity index (χ0v) is 12.6. The third kappa shape index (κ3) is 3.60. The Morgan fingerprint density at radius 1 is 1.50 bits per heavy atom.